The average Bonchev–Trinajstić information content (AvgIpc) is 3.19. The lowest BCUT2D eigenvalue weighted by molar-refractivity contribution is -0.0824. The SMILES string of the molecule is CCNC(=NCC1CCCOC1C(C)(C)C)N1CCC(c2ncn[nH]2)CC1.I. The molecule has 28 heavy (non-hydrogen) atoms. The first-order valence-corrected chi connectivity index (χ1v) is 10.5. The molecular weight excluding hydrogens is 467 g/mol. The Kier molecular flexibility index (Phi) is 8.98. The number of halogens is 1. The summed E-state index contributed by atoms with van der Waals surface area (Å²) in [5.74, 6) is 3.04. The van der Waals surface area contributed by atoms with Gasteiger partial charge in [-0.15, -0.1) is 24.0 Å². The number of aromatic amines is 1. The number of hydrogen-bond acceptors (Lipinski definition) is 4. The van der Waals surface area contributed by atoms with E-state index in [-0.39, 0.29) is 35.5 Å². The number of likely N-dealkylation sites (tertiary alicyclic amines) is 1. The van der Waals surface area contributed by atoms with Crippen molar-refractivity contribution in [3.8, 4) is 0 Å². The zero-order valence-corrected chi connectivity index (χ0v) is 20.1. The summed E-state index contributed by atoms with van der Waals surface area (Å²) >= 11 is 0. The average molecular weight is 504 g/mol. The van der Waals surface area contributed by atoms with E-state index >= 15 is 0 Å². The van der Waals surface area contributed by atoms with Crippen LogP contribution >= 0.6 is 24.0 Å². The smallest absolute Gasteiger partial charge is 0.193 e. The summed E-state index contributed by atoms with van der Waals surface area (Å²) in [6.45, 7) is 13.6. The molecule has 3 heterocycles. The van der Waals surface area contributed by atoms with E-state index in [9.17, 15) is 0 Å². The molecule has 2 saturated heterocycles. The van der Waals surface area contributed by atoms with Gasteiger partial charge < -0.3 is 15.0 Å². The highest BCUT2D eigenvalue weighted by molar-refractivity contribution is 14.0. The molecule has 2 aliphatic rings. The second kappa shape index (κ2) is 10.8. The minimum atomic E-state index is 0. The molecule has 0 amide bonds. The molecule has 2 aliphatic heterocycles. The maximum absolute atomic E-state index is 6.13. The zero-order chi connectivity index (χ0) is 19.3. The number of nitrogens with one attached hydrogen (secondary N) is 2. The fraction of sp³-hybridized carbons (Fsp3) is 0.850. The van der Waals surface area contributed by atoms with E-state index in [1.165, 1.54) is 6.42 Å². The monoisotopic (exact) mass is 504 g/mol. The van der Waals surface area contributed by atoms with Gasteiger partial charge in [0.15, 0.2) is 5.96 Å². The summed E-state index contributed by atoms with van der Waals surface area (Å²) in [6.07, 6.45) is 6.40. The van der Waals surface area contributed by atoms with Gasteiger partial charge in [0.05, 0.1) is 6.10 Å². The van der Waals surface area contributed by atoms with Crippen LogP contribution in [-0.2, 0) is 4.74 Å². The van der Waals surface area contributed by atoms with Crippen LogP contribution in [0.5, 0.6) is 0 Å². The van der Waals surface area contributed by atoms with Gasteiger partial charge in [-0.25, -0.2) is 4.98 Å². The lowest BCUT2D eigenvalue weighted by atomic mass is 9.78. The third kappa shape index (κ3) is 6.05. The van der Waals surface area contributed by atoms with Crippen LogP contribution in [0.4, 0.5) is 0 Å². The van der Waals surface area contributed by atoms with Crippen LogP contribution in [0.25, 0.3) is 0 Å². The highest BCUT2D eigenvalue weighted by Gasteiger charge is 2.35. The Morgan fingerprint density at radius 2 is 2.07 bits per heavy atom. The third-order valence-corrected chi connectivity index (χ3v) is 5.72. The molecule has 0 saturated carbocycles. The number of H-pyrrole nitrogens is 1. The number of nitrogens with zero attached hydrogens (tertiary/aromatic N) is 4. The molecule has 0 spiro atoms. The van der Waals surface area contributed by atoms with Crippen LogP contribution in [0.3, 0.4) is 0 Å². The van der Waals surface area contributed by atoms with Gasteiger partial charge in [-0.05, 0) is 38.0 Å². The van der Waals surface area contributed by atoms with Gasteiger partial charge in [0.2, 0.25) is 0 Å². The summed E-state index contributed by atoms with van der Waals surface area (Å²) in [5, 5.41) is 10.5. The van der Waals surface area contributed by atoms with Crippen molar-refractivity contribution in [2.24, 2.45) is 16.3 Å². The molecule has 2 N–H and O–H groups in total. The molecule has 160 valence electrons. The molecule has 0 aromatic carbocycles. The number of ether oxygens (including phenoxy) is 1. The lowest BCUT2D eigenvalue weighted by Gasteiger charge is -2.40. The molecule has 0 radical (unpaired) electrons. The Balaban J connectivity index is 0.00000280. The first-order chi connectivity index (χ1) is 13.0. The number of hydrogen-bond donors (Lipinski definition) is 2. The Labute approximate surface area is 186 Å². The summed E-state index contributed by atoms with van der Waals surface area (Å²) in [4.78, 5) is 11.8. The fourth-order valence-corrected chi connectivity index (χ4v) is 4.39. The summed E-state index contributed by atoms with van der Waals surface area (Å²) in [6, 6.07) is 0. The highest BCUT2D eigenvalue weighted by atomic mass is 127. The van der Waals surface area contributed by atoms with E-state index in [2.05, 4.69) is 53.1 Å². The Morgan fingerprint density at radius 3 is 2.68 bits per heavy atom. The van der Waals surface area contributed by atoms with E-state index in [4.69, 9.17) is 9.73 Å². The Hall–Kier alpha value is -0.900. The first kappa shape index (κ1) is 23.4. The predicted molar refractivity (Wildman–Crippen MR) is 123 cm³/mol. The third-order valence-electron chi connectivity index (χ3n) is 5.72. The lowest BCUT2D eigenvalue weighted by Crippen LogP contribution is -2.46. The van der Waals surface area contributed by atoms with Gasteiger partial charge in [0, 0.05) is 44.6 Å². The van der Waals surface area contributed by atoms with Gasteiger partial charge in [-0.1, -0.05) is 20.8 Å². The maximum Gasteiger partial charge on any atom is 0.193 e. The number of rotatable bonds is 4. The van der Waals surface area contributed by atoms with Crippen molar-refractivity contribution in [1.82, 2.24) is 25.4 Å². The standard InChI is InChI=1S/C20H36N6O.HI/c1-5-21-19(22-13-16-7-6-12-27-17(16)20(2,3)4)26-10-8-15(9-11-26)18-23-14-24-25-18;/h14-17H,5-13H2,1-4H3,(H,21,22)(H,23,24,25);1H. The van der Waals surface area contributed by atoms with Gasteiger partial charge in [0.1, 0.15) is 12.2 Å². The van der Waals surface area contributed by atoms with Gasteiger partial charge in [-0.3, -0.25) is 10.1 Å². The Morgan fingerprint density at radius 1 is 1.32 bits per heavy atom. The normalized spacial score (nSPS) is 24.7. The van der Waals surface area contributed by atoms with Gasteiger partial charge in [0.25, 0.3) is 0 Å². The minimum absolute atomic E-state index is 0. The topological polar surface area (TPSA) is 78.4 Å². The largest absolute Gasteiger partial charge is 0.377 e. The summed E-state index contributed by atoms with van der Waals surface area (Å²) in [7, 11) is 0. The van der Waals surface area contributed by atoms with Gasteiger partial charge >= 0.3 is 0 Å². The van der Waals surface area contributed by atoms with Crippen molar-refractivity contribution in [2.45, 2.75) is 65.4 Å². The van der Waals surface area contributed by atoms with Crippen molar-refractivity contribution in [3.05, 3.63) is 12.2 Å². The first-order valence-electron chi connectivity index (χ1n) is 10.5. The van der Waals surface area contributed by atoms with Crippen LogP contribution < -0.4 is 5.32 Å². The van der Waals surface area contributed by atoms with Crippen molar-refractivity contribution in [1.29, 1.82) is 0 Å². The second-order valence-electron chi connectivity index (χ2n) is 8.89. The maximum atomic E-state index is 6.13. The molecule has 1 aromatic heterocycles. The highest BCUT2D eigenvalue weighted by Crippen LogP contribution is 2.34. The zero-order valence-electron chi connectivity index (χ0n) is 17.8. The molecule has 1 aromatic rings. The molecule has 7 nitrogen and oxygen atoms in total. The molecule has 2 unspecified atom stereocenters. The number of guanidine groups is 1. The van der Waals surface area contributed by atoms with E-state index in [1.807, 2.05) is 0 Å². The summed E-state index contributed by atoms with van der Waals surface area (Å²) < 4.78 is 6.13. The van der Waals surface area contributed by atoms with E-state index < -0.39 is 0 Å². The molecular formula is C20H37IN6O. The number of aromatic nitrogens is 3. The van der Waals surface area contributed by atoms with Crippen molar-refractivity contribution >= 4 is 29.9 Å². The molecule has 0 bridgehead atoms. The summed E-state index contributed by atoms with van der Waals surface area (Å²) in [5.41, 5.74) is 0.161. The molecule has 3 rings (SSSR count). The van der Waals surface area contributed by atoms with E-state index in [0.29, 0.717) is 11.8 Å². The predicted octanol–water partition coefficient (Wildman–Crippen LogP) is 3.41. The molecule has 2 fully saturated rings. The van der Waals surface area contributed by atoms with Crippen molar-refractivity contribution in [2.75, 3.05) is 32.8 Å². The quantitative estimate of drug-likeness (QED) is 0.374. The second-order valence-corrected chi connectivity index (χ2v) is 8.89. The number of piperidine rings is 1. The minimum Gasteiger partial charge on any atom is -0.377 e. The fourth-order valence-electron chi connectivity index (χ4n) is 4.39. The van der Waals surface area contributed by atoms with E-state index in [0.717, 1.165) is 63.8 Å². The molecule has 2 atom stereocenters. The van der Waals surface area contributed by atoms with Crippen LogP contribution in [0, 0.1) is 11.3 Å². The van der Waals surface area contributed by atoms with Crippen LogP contribution in [0.1, 0.15) is 65.1 Å². The Bertz CT molecular complexity index is 592. The van der Waals surface area contributed by atoms with Crippen molar-refractivity contribution in [3.63, 3.8) is 0 Å². The van der Waals surface area contributed by atoms with Crippen molar-refractivity contribution < 1.29 is 4.74 Å². The number of aliphatic imine (C=N–C) groups is 1. The van der Waals surface area contributed by atoms with Crippen LogP contribution in [0.2, 0.25) is 0 Å². The van der Waals surface area contributed by atoms with Gasteiger partial charge in [-0.2, -0.15) is 5.10 Å². The molecule has 8 heteroatoms. The van der Waals surface area contributed by atoms with Crippen LogP contribution in [0.15, 0.2) is 11.3 Å². The van der Waals surface area contributed by atoms with Crippen LogP contribution in [-0.4, -0.2) is 64.9 Å². The molecule has 0 aliphatic carbocycles. The van der Waals surface area contributed by atoms with E-state index in [1.54, 1.807) is 6.33 Å².